The summed E-state index contributed by atoms with van der Waals surface area (Å²) in [6.45, 7) is 1.50. The van der Waals surface area contributed by atoms with Crippen LogP contribution in [0.2, 0.25) is 0 Å². The van der Waals surface area contributed by atoms with Crippen molar-refractivity contribution < 1.29 is 4.79 Å². The number of Topliss-reactive ketones (excluding diaryl/α,β-unsaturated/α-hetero) is 1. The molecule has 0 amide bonds. The predicted molar refractivity (Wildman–Crippen MR) is 52.6 cm³/mol. The molecular weight excluding hydrogens is 176 g/mol. The molecule has 0 spiro atoms. The van der Waals surface area contributed by atoms with E-state index < -0.39 is 0 Å². The molecule has 2 atom stereocenters. The molecule has 0 radical (unpaired) electrons. The molecular formula is C11H16N2O. The number of carbonyl (C=O) groups excluding carboxylic acids is 1. The number of hydrogen-bond acceptors (Lipinski definition) is 3. The summed E-state index contributed by atoms with van der Waals surface area (Å²) in [7, 11) is 0. The van der Waals surface area contributed by atoms with Crippen LogP contribution in [0.25, 0.3) is 0 Å². The van der Waals surface area contributed by atoms with Gasteiger partial charge >= 0.3 is 0 Å². The summed E-state index contributed by atoms with van der Waals surface area (Å²) in [5, 5.41) is 8.68. The zero-order valence-electron chi connectivity index (χ0n) is 8.41. The Balaban J connectivity index is 2.02. The van der Waals surface area contributed by atoms with E-state index in [1.807, 2.05) is 0 Å². The second kappa shape index (κ2) is 4.10. The van der Waals surface area contributed by atoms with Crippen molar-refractivity contribution in [2.24, 2.45) is 5.92 Å². The maximum Gasteiger partial charge on any atom is 0.137 e. The molecule has 1 saturated heterocycles. The van der Waals surface area contributed by atoms with Gasteiger partial charge in [0.2, 0.25) is 0 Å². The van der Waals surface area contributed by atoms with Gasteiger partial charge in [0.1, 0.15) is 5.78 Å². The second-order valence-electron chi connectivity index (χ2n) is 4.30. The van der Waals surface area contributed by atoms with Gasteiger partial charge in [0, 0.05) is 18.4 Å². The summed E-state index contributed by atoms with van der Waals surface area (Å²) in [5.41, 5.74) is 0. The topological polar surface area (TPSA) is 44.1 Å². The summed E-state index contributed by atoms with van der Waals surface area (Å²) >= 11 is 0. The van der Waals surface area contributed by atoms with Crippen LogP contribution in [0.3, 0.4) is 0 Å². The maximum absolute atomic E-state index is 11.6. The van der Waals surface area contributed by atoms with Crippen LogP contribution in [0.5, 0.6) is 0 Å². The Morgan fingerprint density at radius 2 is 2.29 bits per heavy atom. The fraction of sp³-hybridized carbons (Fsp3) is 0.818. The first-order chi connectivity index (χ1) is 6.83. The van der Waals surface area contributed by atoms with E-state index in [2.05, 4.69) is 11.0 Å². The van der Waals surface area contributed by atoms with Gasteiger partial charge < -0.3 is 0 Å². The summed E-state index contributed by atoms with van der Waals surface area (Å²) in [5.74, 6) is 0.672. The van der Waals surface area contributed by atoms with Crippen molar-refractivity contribution in [1.29, 1.82) is 5.26 Å². The number of nitriles is 1. The molecule has 0 N–H and O–H groups in total. The van der Waals surface area contributed by atoms with E-state index in [-0.39, 0.29) is 5.92 Å². The lowest BCUT2D eigenvalue weighted by Gasteiger charge is -2.26. The molecule has 1 aliphatic heterocycles. The van der Waals surface area contributed by atoms with Gasteiger partial charge in [0.15, 0.2) is 0 Å². The van der Waals surface area contributed by atoms with E-state index in [0.717, 1.165) is 38.6 Å². The van der Waals surface area contributed by atoms with Crippen molar-refractivity contribution in [2.45, 2.75) is 38.1 Å². The fourth-order valence-electron chi connectivity index (χ4n) is 2.84. The molecule has 1 heterocycles. The lowest BCUT2D eigenvalue weighted by molar-refractivity contribution is -0.122. The molecule has 1 saturated carbocycles. The molecule has 1 aliphatic carbocycles. The van der Waals surface area contributed by atoms with Crippen LogP contribution in [-0.2, 0) is 4.79 Å². The minimum atomic E-state index is 0.242. The van der Waals surface area contributed by atoms with Crippen LogP contribution < -0.4 is 0 Å². The quantitative estimate of drug-likeness (QED) is 0.620. The number of rotatable bonds is 2. The SMILES string of the molecule is N#CCN1CCCC1C1CCCC1=O. The van der Waals surface area contributed by atoms with Crippen molar-refractivity contribution in [3.8, 4) is 6.07 Å². The fourth-order valence-corrected chi connectivity index (χ4v) is 2.84. The first kappa shape index (κ1) is 9.67. The van der Waals surface area contributed by atoms with Crippen LogP contribution in [0.4, 0.5) is 0 Å². The second-order valence-corrected chi connectivity index (χ2v) is 4.30. The standard InChI is InChI=1S/C11H16N2O/c12-6-8-13-7-2-4-10(13)9-3-1-5-11(9)14/h9-10H,1-5,7-8H2. The van der Waals surface area contributed by atoms with Crippen LogP contribution in [0, 0.1) is 17.2 Å². The average Bonchev–Trinajstić information content (AvgIpc) is 2.74. The Labute approximate surface area is 84.7 Å². The van der Waals surface area contributed by atoms with E-state index in [0.29, 0.717) is 18.4 Å². The minimum Gasteiger partial charge on any atom is -0.299 e. The van der Waals surface area contributed by atoms with E-state index in [4.69, 9.17) is 5.26 Å². The van der Waals surface area contributed by atoms with Crippen LogP contribution in [0.15, 0.2) is 0 Å². The van der Waals surface area contributed by atoms with Crippen molar-refractivity contribution in [3.05, 3.63) is 0 Å². The van der Waals surface area contributed by atoms with Crippen molar-refractivity contribution in [1.82, 2.24) is 4.90 Å². The van der Waals surface area contributed by atoms with Gasteiger partial charge in [-0.3, -0.25) is 9.69 Å². The van der Waals surface area contributed by atoms with Gasteiger partial charge in [-0.05, 0) is 32.2 Å². The summed E-state index contributed by atoms with van der Waals surface area (Å²) in [6.07, 6.45) is 5.13. The average molecular weight is 192 g/mol. The molecule has 3 heteroatoms. The zero-order chi connectivity index (χ0) is 9.97. The maximum atomic E-state index is 11.6. The third-order valence-corrected chi connectivity index (χ3v) is 3.50. The van der Waals surface area contributed by atoms with E-state index >= 15 is 0 Å². The summed E-state index contributed by atoms with van der Waals surface area (Å²) in [6, 6.07) is 2.57. The largest absolute Gasteiger partial charge is 0.299 e. The van der Waals surface area contributed by atoms with E-state index in [1.54, 1.807) is 0 Å². The highest BCUT2D eigenvalue weighted by Gasteiger charge is 2.37. The first-order valence-electron chi connectivity index (χ1n) is 5.46. The van der Waals surface area contributed by atoms with Crippen LogP contribution in [0.1, 0.15) is 32.1 Å². The number of nitrogens with zero attached hydrogens (tertiary/aromatic N) is 2. The number of carbonyl (C=O) groups is 1. The molecule has 76 valence electrons. The normalized spacial score (nSPS) is 33.5. The molecule has 0 aromatic carbocycles. The number of likely N-dealkylation sites (tertiary alicyclic amines) is 1. The van der Waals surface area contributed by atoms with Gasteiger partial charge in [-0.1, -0.05) is 0 Å². The Hall–Kier alpha value is -0.880. The Kier molecular flexibility index (Phi) is 2.83. The Bertz CT molecular complexity index is 269. The lowest BCUT2D eigenvalue weighted by Crippen LogP contribution is -2.37. The third kappa shape index (κ3) is 1.67. The van der Waals surface area contributed by atoms with E-state index in [1.165, 1.54) is 0 Å². The van der Waals surface area contributed by atoms with Gasteiger partial charge in [0.05, 0.1) is 12.6 Å². The van der Waals surface area contributed by atoms with Gasteiger partial charge in [-0.25, -0.2) is 0 Å². The Morgan fingerprint density at radius 1 is 1.43 bits per heavy atom. The molecule has 0 bridgehead atoms. The van der Waals surface area contributed by atoms with Crippen molar-refractivity contribution >= 4 is 5.78 Å². The molecule has 2 unspecified atom stereocenters. The summed E-state index contributed by atoms with van der Waals surface area (Å²) < 4.78 is 0. The van der Waals surface area contributed by atoms with Gasteiger partial charge in [-0.15, -0.1) is 0 Å². The molecule has 14 heavy (non-hydrogen) atoms. The highest BCUT2D eigenvalue weighted by atomic mass is 16.1. The lowest BCUT2D eigenvalue weighted by atomic mass is 9.95. The number of ketones is 1. The first-order valence-corrected chi connectivity index (χ1v) is 5.46. The third-order valence-electron chi connectivity index (χ3n) is 3.50. The molecule has 3 nitrogen and oxygen atoms in total. The van der Waals surface area contributed by atoms with Crippen molar-refractivity contribution in [2.75, 3.05) is 13.1 Å². The van der Waals surface area contributed by atoms with E-state index in [9.17, 15) is 4.79 Å². The van der Waals surface area contributed by atoms with Crippen LogP contribution >= 0.6 is 0 Å². The summed E-state index contributed by atoms with van der Waals surface area (Å²) in [4.78, 5) is 13.8. The van der Waals surface area contributed by atoms with Gasteiger partial charge in [0.25, 0.3) is 0 Å². The zero-order valence-corrected chi connectivity index (χ0v) is 8.41. The predicted octanol–water partition coefficient (Wildman–Crippen LogP) is 1.34. The molecule has 0 aromatic heterocycles. The molecule has 2 rings (SSSR count). The Morgan fingerprint density at radius 3 is 2.93 bits per heavy atom. The monoisotopic (exact) mass is 192 g/mol. The van der Waals surface area contributed by atoms with Crippen molar-refractivity contribution in [3.63, 3.8) is 0 Å². The number of hydrogen-bond donors (Lipinski definition) is 0. The molecule has 0 aromatic rings. The minimum absolute atomic E-state index is 0.242. The van der Waals surface area contributed by atoms with Crippen LogP contribution in [-0.4, -0.2) is 29.8 Å². The smallest absolute Gasteiger partial charge is 0.137 e. The molecule has 2 aliphatic rings. The highest BCUT2D eigenvalue weighted by Crippen LogP contribution is 2.32. The van der Waals surface area contributed by atoms with Gasteiger partial charge in [-0.2, -0.15) is 5.26 Å². The molecule has 2 fully saturated rings. The highest BCUT2D eigenvalue weighted by molar-refractivity contribution is 5.83.